The van der Waals surface area contributed by atoms with Crippen LogP contribution in [0.25, 0.3) is 0 Å². The van der Waals surface area contributed by atoms with Crippen molar-refractivity contribution in [1.82, 2.24) is 10.1 Å². The molecule has 6 nitrogen and oxygen atoms in total. The second-order valence-electron chi connectivity index (χ2n) is 6.67. The number of aliphatic carboxylic acids is 1. The average Bonchev–Trinajstić information content (AvgIpc) is 2.88. The van der Waals surface area contributed by atoms with Crippen molar-refractivity contribution in [3.63, 3.8) is 0 Å². The summed E-state index contributed by atoms with van der Waals surface area (Å²) in [6.45, 7) is 5.90. The molecule has 2 atom stereocenters. The second kappa shape index (κ2) is 6.70. The number of hydrogen-bond acceptors (Lipinski definition) is 4. The molecule has 1 saturated heterocycles. The van der Waals surface area contributed by atoms with Gasteiger partial charge in [0.15, 0.2) is 0 Å². The van der Waals surface area contributed by atoms with E-state index >= 15 is 0 Å². The zero-order valence-corrected chi connectivity index (χ0v) is 14.7. The minimum atomic E-state index is -0.872. The predicted octanol–water partition coefficient (Wildman–Crippen LogP) is 3.16. The molecule has 3 rings (SSSR count). The first-order valence-corrected chi connectivity index (χ1v) is 8.39. The third-order valence-corrected chi connectivity index (χ3v) is 4.92. The van der Waals surface area contributed by atoms with Crippen molar-refractivity contribution in [2.45, 2.75) is 46.2 Å². The van der Waals surface area contributed by atoms with E-state index in [1.807, 2.05) is 38.1 Å². The van der Waals surface area contributed by atoms with Crippen molar-refractivity contribution in [3.8, 4) is 0 Å². The molecule has 1 aromatic carbocycles. The monoisotopic (exact) mass is 342 g/mol. The van der Waals surface area contributed by atoms with Crippen LogP contribution in [0, 0.1) is 26.7 Å². The van der Waals surface area contributed by atoms with Crippen molar-refractivity contribution in [2.24, 2.45) is 5.92 Å². The van der Waals surface area contributed by atoms with E-state index in [4.69, 9.17) is 4.52 Å². The van der Waals surface area contributed by atoms with E-state index in [1.54, 1.807) is 11.8 Å². The van der Waals surface area contributed by atoms with Gasteiger partial charge >= 0.3 is 5.97 Å². The van der Waals surface area contributed by atoms with Crippen LogP contribution < -0.4 is 0 Å². The molecule has 1 aromatic heterocycles. The molecule has 6 heteroatoms. The molecule has 0 radical (unpaired) electrons. The smallest absolute Gasteiger partial charge is 0.308 e. The number of piperidine rings is 1. The Morgan fingerprint density at radius 1 is 1.36 bits per heavy atom. The lowest BCUT2D eigenvalue weighted by molar-refractivity contribution is -0.152. The highest BCUT2D eigenvalue weighted by molar-refractivity contribution is 5.81. The maximum Gasteiger partial charge on any atom is 0.308 e. The summed E-state index contributed by atoms with van der Waals surface area (Å²) in [6.07, 6.45) is 0.591. The summed E-state index contributed by atoms with van der Waals surface area (Å²) < 4.78 is 5.20. The fourth-order valence-corrected chi connectivity index (χ4v) is 3.56. The Hall–Kier alpha value is -2.63. The molecular formula is C19H22N2O4. The summed E-state index contributed by atoms with van der Waals surface area (Å²) in [7, 11) is 0. The van der Waals surface area contributed by atoms with Crippen LogP contribution in [-0.2, 0) is 16.1 Å². The number of hydrogen-bond donors (Lipinski definition) is 1. The molecular weight excluding hydrogens is 320 g/mol. The molecule has 1 N–H and O–H groups in total. The number of aromatic nitrogens is 1. The normalized spacial score (nSPS) is 20.8. The standard InChI is InChI=1S/C19H22N2O4/c1-11-5-4-6-14(9-11)18-15(19(23)24)7-8-17(22)21(18)10-16-12(2)20-25-13(16)3/h4-6,9,15,18H,7-8,10H2,1-3H3,(H,23,24)/t15-,18+/m1/s1. The van der Waals surface area contributed by atoms with Gasteiger partial charge in [-0.1, -0.05) is 35.0 Å². The Morgan fingerprint density at radius 3 is 2.72 bits per heavy atom. The number of aryl methyl sites for hydroxylation is 3. The average molecular weight is 342 g/mol. The number of likely N-dealkylation sites (tertiary alicyclic amines) is 1. The third-order valence-electron chi connectivity index (χ3n) is 4.92. The molecule has 0 bridgehead atoms. The fourth-order valence-electron chi connectivity index (χ4n) is 3.56. The van der Waals surface area contributed by atoms with Crippen molar-refractivity contribution >= 4 is 11.9 Å². The summed E-state index contributed by atoms with van der Waals surface area (Å²) in [6, 6.07) is 7.22. The lowest BCUT2D eigenvalue weighted by Crippen LogP contribution is -2.45. The molecule has 1 aliphatic rings. The summed E-state index contributed by atoms with van der Waals surface area (Å²) >= 11 is 0. The maximum atomic E-state index is 12.7. The van der Waals surface area contributed by atoms with Gasteiger partial charge in [-0.05, 0) is 32.8 Å². The number of nitrogens with zero attached hydrogens (tertiary/aromatic N) is 2. The first kappa shape index (κ1) is 17.2. The Kier molecular flexibility index (Phi) is 4.61. The van der Waals surface area contributed by atoms with E-state index < -0.39 is 17.9 Å². The molecule has 1 aliphatic heterocycles. The molecule has 132 valence electrons. The Labute approximate surface area is 146 Å². The zero-order chi connectivity index (χ0) is 18.1. The van der Waals surface area contributed by atoms with Crippen LogP contribution in [0.4, 0.5) is 0 Å². The van der Waals surface area contributed by atoms with Gasteiger partial charge in [0, 0.05) is 12.0 Å². The molecule has 0 spiro atoms. The summed E-state index contributed by atoms with van der Waals surface area (Å²) in [5.74, 6) is -0.877. The van der Waals surface area contributed by atoms with E-state index in [1.165, 1.54) is 0 Å². The minimum Gasteiger partial charge on any atom is -0.481 e. The Morgan fingerprint density at radius 2 is 2.12 bits per heavy atom. The number of rotatable bonds is 4. The van der Waals surface area contributed by atoms with E-state index in [0.717, 1.165) is 22.4 Å². The topological polar surface area (TPSA) is 83.6 Å². The van der Waals surface area contributed by atoms with Gasteiger partial charge in [-0.3, -0.25) is 9.59 Å². The fraction of sp³-hybridized carbons (Fsp3) is 0.421. The van der Waals surface area contributed by atoms with Gasteiger partial charge in [0.1, 0.15) is 5.76 Å². The van der Waals surface area contributed by atoms with Crippen LogP contribution >= 0.6 is 0 Å². The lowest BCUT2D eigenvalue weighted by Gasteiger charge is -2.40. The van der Waals surface area contributed by atoms with Crippen LogP contribution in [0.5, 0.6) is 0 Å². The quantitative estimate of drug-likeness (QED) is 0.923. The van der Waals surface area contributed by atoms with Crippen molar-refractivity contribution in [3.05, 3.63) is 52.4 Å². The van der Waals surface area contributed by atoms with E-state index in [9.17, 15) is 14.7 Å². The van der Waals surface area contributed by atoms with Gasteiger partial charge in [-0.2, -0.15) is 0 Å². The molecule has 2 aromatic rings. The molecule has 0 saturated carbocycles. The van der Waals surface area contributed by atoms with Crippen LogP contribution in [0.2, 0.25) is 0 Å². The Bertz CT molecular complexity index is 792. The van der Waals surface area contributed by atoms with E-state index in [2.05, 4.69) is 5.16 Å². The first-order chi connectivity index (χ1) is 11.9. The first-order valence-electron chi connectivity index (χ1n) is 8.39. The Balaban J connectivity index is 2.04. The second-order valence-corrected chi connectivity index (χ2v) is 6.67. The molecule has 25 heavy (non-hydrogen) atoms. The highest BCUT2D eigenvalue weighted by Crippen LogP contribution is 2.38. The number of carboxylic acid groups (broad SMARTS) is 1. The molecule has 0 unspecified atom stereocenters. The van der Waals surface area contributed by atoms with E-state index in [-0.39, 0.29) is 12.3 Å². The van der Waals surface area contributed by atoms with Gasteiger partial charge in [0.2, 0.25) is 5.91 Å². The minimum absolute atomic E-state index is 0.0380. The molecule has 1 fully saturated rings. The lowest BCUT2D eigenvalue weighted by atomic mass is 9.83. The van der Waals surface area contributed by atoms with Gasteiger partial charge in [0.25, 0.3) is 0 Å². The zero-order valence-electron chi connectivity index (χ0n) is 14.7. The maximum absolute atomic E-state index is 12.7. The van der Waals surface area contributed by atoms with E-state index in [0.29, 0.717) is 18.7 Å². The third kappa shape index (κ3) is 3.29. The molecule has 0 aliphatic carbocycles. The van der Waals surface area contributed by atoms with Gasteiger partial charge in [-0.25, -0.2) is 0 Å². The van der Waals surface area contributed by atoms with Gasteiger partial charge in [0.05, 0.1) is 24.2 Å². The van der Waals surface area contributed by atoms with Crippen molar-refractivity contribution in [1.29, 1.82) is 0 Å². The number of amides is 1. The van der Waals surface area contributed by atoms with Crippen LogP contribution in [-0.4, -0.2) is 27.0 Å². The summed E-state index contributed by atoms with van der Waals surface area (Å²) in [5, 5.41) is 13.7. The van der Waals surface area contributed by atoms with Crippen LogP contribution in [0.3, 0.4) is 0 Å². The number of carbonyl (C=O) groups is 2. The predicted molar refractivity (Wildman–Crippen MR) is 90.8 cm³/mol. The summed E-state index contributed by atoms with van der Waals surface area (Å²) in [4.78, 5) is 26.2. The van der Waals surface area contributed by atoms with Crippen LogP contribution in [0.1, 0.15) is 47.0 Å². The highest BCUT2D eigenvalue weighted by Gasteiger charge is 2.41. The highest BCUT2D eigenvalue weighted by atomic mass is 16.5. The summed E-state index contributed by atoms with van der Waals surface area (Å²) in [5.41, 5.74) is 3.46. The van der Waals surface area contributed by atoms with Crippen molar-refractivity contribution in [2.75, 3.05) is 0 Å². The molecule has 2 heterocycles. The SMILES string of the molecule is Cc1cccc([C@H]2[C@H](C(=O)O)CCC(=O)N2Cc2c(C)noc2C)c1. The number of benzene rings is 1. The number of carboxylic acids is 1. The largest absolute Gasteiger partial charge is 0.481 e. The molecule has 1 amide bonds. The van der Waals surface area contributed by atoms with Gasteiger partial charge in [-0.15, -0.1) is 0 Å². The van der Waals surface area contributed by atoms with Crippen LogP contribution in [0.15, 0.2) is 28.8 Å². The van der Waals surface area contributed by atoms with Gasteiger partial charge < -0.3 is 14.5 Å². The number of carbonyl (C=O) groups excluding carboxylic acids is 1. The van der Waals surface area contributed by atoms with Crippen molar-refractivity contribution < 1.29 is 19.2 Å².